The number of imide groups is 1. The molecule has 90 valence electrons. The first-order valence-corrected chi connectivity index (χ1v) is 4.57. The summed E-state index contributed by atoms with van der Waals surface area (Å²) in [4.78, 5) is 44.4. The fourth-order valence-electron chi connectivity index (χ4n) is 1.15. The van der Waals surface area contributed by atoms with Gasteiger partial charge in [0.05, 0.1) is 12.5 Å². The van der Waals surface area contributed by atoms with Gasteiger partial charge in [0.25, 0.3) is 0 Å². The smallest absolute Gasteiger partial charge is 0.305 e. The van der Waals surface area contributed by atoms with Crippen LogP contribution in [-0.2, 0) is 19.2 Å². The summed E-state index contributed by atoms with van der Waals surface area (Å²) in [5, 5.41) is 8.53. The second-order valence-electron chi connectivity index (χ2n) is 3.32. The molecule has 0 fully saturated rings. The van der Waals surface area contributed by atoms with Crippen LogP contribution in [0.25, 0.3) is 0 Å². The van der Waals surface area contributed by atoms with Gasteiger partial charge in [0.1, 0.15) is 12.3 Å². The van der Waals surface area contributed by atoms with Crippen LogP contribution in [0.3, 0.4) is 0 Å². The molecule has 0 unspecified atom stereocenters. The highest BCUT2D eigenvalue weighted by atomic mass is 16.4. The zero-order valence-electron chi connectivity index (χ0n) is 9.04. The van der Waals surface area contributed by atoms with Crippen LogP contribution in [0.15, 0.2) is 0 Å². The van der Waals surface area contributed by atoms with Gasteiger partial charge in [-0.3, -0.25) is 19.3 Å². The van der Waals surface area contributed by atoms with Crippen molar-refractivity contribution in [2.75, 3.05) is 0 Å². The van der Waals surface area contributed by atoms with Gasteiger partial charge in [0.15, 0.2) is 0 Å². The number of aliphatic carboxylic acids is 1. The van der Waals surface area contributed by atoms with Gasteiger partial charge in [-0.15, -0.1) is 0 Å². The molecule has 3 N–H and O–H groups in total. The third-order valence-electron chi connectivity index (χ3n) is 1.84. The fourth-order valence-corrected chi connectivity index (χ4v) is 1.15. The molecular formula is C9H14N2O5. The molecule has 16 heavy (non-hydrogen) atoms. The van der Waals surface area contributed by atoms with E-state index >= 15 is 0 Å². The summed E-state index contributed by atoms with van der Waals surface area (Å²) in [6, 6.07) is -2.28. The number of carboxylic acid groups (broad SMARTS) is 1. The Morgan fingerprint density at radius 3 is 2.19 bits per heavy atom. The number of nitrogens with two attached hydrogens (primary N) is 1. The minimum absolute atomic E-state index is 0.246. The van der Waals surface area contributed by atoms with Crippen molar-refractivity contribution < 1.29 is 24.3 Å². The zero-order valence-corrected chi connectivity index (χ0v) is 9.04. The average molecular weight is 230 g/mol. The molecule has 0 aliphatic carbocycles. The molecule has 0 aliphatic heterocycles. The summed E-state index contributed by atoms with van der Waals surface area (Å²) >= 11 is 0. The Labute approximate surface area is 92.2 Å². The van der Waals surface area contributed by atoms with Gasteiger partial charge in [0, 0.05) is 6.92 Å². The van der Waals surface area contributed by atoms with Gasteiger partial charge < -0.3 is 15.6 Å². The predicted molar refractivity (Wildman–Crippen MR) is 53.3 cm³/mol. The molecule has 0 saturated heterocycles. The maximum atomic E-state index is 11.5. The maximum absolute atomic E-state index is 11.5. The highest BCUT2D eigenvalue weighted by Gasteiger charge is 2.30. The summed E-state index contributed by atoms with van der Waals surface area (Å²) in [5.41, 5.74) is 5.29. The predicted octanol–water partition coefficient (Wildman–Crippen LogP) is -1.25. The molecule has 0 aromatic carbocycles. The molecule has 0 saturated carbocycles. The number of hydrogen-bond acceptors (Lipinski definition) is 5. The third-order valence-corrected chi connectivity index (χ3v) is 1.84. The van der Waals surface area contributed by atoms with E-state index in [1.165, 1.54) is 6.92 Å². The van der Waals surface area contributed by atoms with E-state index in [0.29, 0.717) is 4.90 Å². The first-order chi connectivity index (χ1) is 7.31. The number of carboxylic acids is 1. The van der Waals surface area contributed by atoms with Crippen LogP contribution in [0.1, 0.15) is 20.3 Å². The molecule has 7 heteroatoms. The van der Waals surface area contributed by atoms with E-state index in [4.69, 9.17) is 10.8 Å². The van der Waals surface area contributed by atoms with E-state index in [9.17, 15) is 19.2 Å². The van der Waals surface area contributed by atoms with Crippen LogP contribution < -0.4 is 5.73 Å². The Morgan fingerprint density at radius 2 is 1.94 bits per heavy atom. The summed E-state index contributed by atoms with van der Waals surface area (Å²) in [7, 11) is 0. The first-order valence-electron chi connectivity index (χ1n) is 4.57. The van der Waals surface area contributed by atoms with E-state index in [2.05, 4.69) is 0 Å². The molecule has 2 amide bonds. The van der Waals surface area contributed by atoms with Crippen LogP contribution in [0, 0.1) is 0 Å². The topological polar surface area (TPSA) is 118 Å². The standard InChI is InChI=1S/C9H14N2O5/c1-5(10)9(16)11(6(2)13)7(4-12)3-8(14)15/h4-5,7H,3,10H2,1-2H3,(H,14,15)/t5-,7-/m0/s1. The van der Waals surface area contributed by atoms with Crippen molar-refractivity contribution in [3.63, 3.8) is 0 Å². The van der Waals surface area contributed by atoms with Gasteiger partial charge in [-0.05, 0) is 6.92 Å². The van der Waals surface area contributed by atoms with Gasteiger partial charge in [0.2, 0.25) is 11.8 Å². The lowest BCUT2D eigenvalue weighted by Gasteiger charge is -2.25. The van der Waals surface area contributed by atoms with E-state index < -0.39 is 36.3 Å². The highest BCUT2D eigenvalue weighted by Crippen LogP contribution is 2.05. The summed E-state index contributed by atoms with van der Waals surface area (Å²) in [6.07, 6.45) is -0.378. The Kier molecular flexibility index (Phi) is 5.31. The molecular weight excluding hydrogens is 216 g/mol. The van der Waals surface area contributed by atoms with E-state index in [-0.39, 0.29) is 6.29 Å². The summed E-state index contributed by atoms with van der Waals surface area (Å²) < 4.78 is 0. The van der Waals surface area contributed by atoms with Crippen molar-refractivity contribution in [3.05, 3.63) is 0 Å². The van der Waals surface area contributed by atoms with Crippen LogP contribution in [-0.4, -0.2) is 46.2 Å². The summed E-state index contributed by atoms with van der Waals surface area (Å²) in [6.45, 7) is 2.42. The molecule has 2 atom stereocenters. The average Bonchev–Trinajstić information content (AvgIpc) is 2.14. The zero-order chi connectivity index (χ0) is 12.9. The van der Waals surface area contributed by atoms with Crippen LogP contribution in [0.2, 0.25) is 0 Å². The third kappa shape index (κ3) is 3.77. The molecule has 0 spiro atoms. The Hall–Kier alpha value is -1.76. The number of nitrogens with zero attached hydrogens (tertiary/aromatic N) is 1. The first kappa shape index (κ1) is 14.2. The van der Waals surface area contributed by atoms with E-state index in [1.807, 2.05) is 0 Å². The lowest BCUT2D eigenvalue weighted by atomic mass is 10.1. The maximum Gasteiger partial charge on any atom is 0.305 e. The molecule has 0 bridgehead atoms. The van der Waals surface area contributed by atoms with Crippen molar-refractivity contribution >= 4 is 24.1 Å². The lowest BCUT2D eigenvalue weighted by Crippen LogP contribution is -2.51. The minimum Gasteiger partial charge on any atom is -0.481 e. The largest absolute Gasteiger partial charge is 0.481 e. The number of hydrogen-bond donors (Lipinski definition) is 2. The Morgan fingerprint density at radius 1 is 1.44 bits per heavy atom. The highest BCUT2D eigenvalue weighted by molar-refractivity contribution is 5.99. The van der Waals surface area contributed by atoms with Crippen molar-refractivity contribution in [1.82, 2.24) is 4.90 Å². The van der Waals surface area contributed by atoms with E-state index in [1.54, 1.807) is 0 Å². The van der Waals surface area contributed by atoms with Crippen LogP contribution in [0.4, 0.5) is 0 Å². The van der Waals surface area contributed by atoms with Crippen molar-refractivity contribution in [2.24, 2.45) is 5.73 Å². The van der Waals surface area contributed by atoms with Crippen LogP contribution in [0.5, 0.6) is 0 Å². The Bertz CT molecular complexity index is 313. The number of carbonyl (C=O) groups excluding carboxylic acids is 3. The fraction of sp³-hybridized carbons (Fsp3) is 0.556. The molecule has 0 rings (SSSR count). The second kappa shape index (κ2) is 5.96. The second-order valence-corrected chi connectivity index (χ2v) is 3.32. The minimum atomic E-state index is -1.31. The van der Waals surface area contributed by atoms with Crippen LogP contribution >= 0.6 is 0 Å². The van der Waals surface area contributed by atoms with Crippen molar-refractivity contribution in [1.29, 1.82) is 0 Å². The molecule has 0 aliphatic rings. The normalized spacial score (nSPS) is 13.7. The molecule has 0 radical (unpaired) electrons. The lowest BCUT2D eigenvalue weighted by molar-refractivity contribution is -0.151. The van der Waals surface area contributed by atoms with Gasteiger partial charge in [-0.25, -0.2) is 0 Å². The summed E-state index contributed by atoms with van der Waals surface area (Å²) in [5.74, 6) is -2.76. The van der Waals surface area contributed by atoms with Crippen molar-refractivity contribution in [3.8, 4) is 0 Å². The quantitative estimate of drug-likeness (QED) is 0.570. The van der Waals surface area contributed by atoms with Gasteiger partial charge >= 0.3 is 5.97 Å². The molecule has 7 nitrogen and oxygen atoms in total. The number of carbonyl (C=O) groups is 4. The van der Waals surface area contributed by atoms with Gasteiger partial charge in [-0.1, -0.05) is 0 Å². The van der Waals surface area contributed by atoms with Gasteiger partial charge in [-0.2, -0.15) is 0 Å². The Balaban J connectivity index is 5.01. The number of rotatable bonds is 5. The monoisotopic (exact) mass is 230 g/mol. The molecule has 0 aromatic heterocycles. The molecule has 0 heterocycles. The number of aldehydes is 1. The SMILES string of the molecule is CC(=O)N(C(=O)[C@H](C)N)[C@H](C=O)CC(=O)O. The van der Waals surface area contributed by atoms with Crippen molar-refractivity contribution in [2.45, 2.75) is 32.4 Å². The molecule has 0 aromatic rings. The number of amides is 2. The van der Waals surface area contributed by atoms with E-state index in [0.717, 1.165) is 6.92 Å².